The first-order valence-corrected chi connectivity index (χ1v) is 7.53. The van der Waals surface area contributed by atoms with E-state index in [1.165, 1.54) is 19.3 Å². The molecule has 18 heavy (non-hydrogen) atoms. The lowest BCUT2D eigenvalue weighted by Gasteiger charge is -2.33. The van der Waals surface area contributed by atoms with Gasteiger partial charge < -0.3 is 10.5 Å². The summed E-state index contributed by atoms with van der Waals surface area (Å²) in [4.78, 5) is 12.3. The molecule has 106 valence electrons. The van der Waals surface area contributed by atoms with Gasteiger partial charge in [-0.2, -0.15) is 0 Å². The van der Waals surface area contributed by atoms with E-state index in [2.05, 4.69) is 6.92 Å². The number of carbonyl (C=O) groups excluding carboxylic acids is 1. The number of hydrogen-bond acceptors (Lipinski definition) is 3. The third kappa shape index (κ3) is 3.47. The molecule has 1 aliphatic rings. The van der Waals surface area contributed by atoms with Crippen LogP contribution in [0.2, 0.25) is 0 Å². The Morgan fingerprint density at radius 1 is 1.28 bits per heavy atom. The number of rotatable bonds is 6. The van der Waals surface area contributed by atoms with Crippen LogP contribution in [0.5, 0.6) is 0 Å². The molecule has 0 aromatic rings. The minimum absolute atomic E-state index is 0.0725. The summed E-state index contributed by atoms with van der Waals surface area (Å²) in [5.74, 6) is 0.656. The van der Waals surface area contributed by atoms with Crippen molar-refractivity contribution < 1.29 is 9.53 Å². The highest BCUT2D eigenvalue weighted by Gasteiger charge is 2.37. The lowest BCUT2D eigenvalue weighted by Crippen LogP contribution is -2.41. The molecule has 0 saturated heterocycles. The zero-order valence-corrected chi connectivity index (χ0v) is 12.2. The summed E-state index contributed by atoms with van der Waals surface area (Å²) < 4.78 is 5.74. The Hall–Kier alpha value is -0.570. The van der Waals surface area contributed by atoms with Gasteiger partial charge in [0.1, 0.15) is 6.10 Å². The fourth-order valence-electron chi connectivity index (χ4n) is 2.91. The van der Waals surface area contributed by atoms with Gasteiger partial charge in [-0.05, 0) is 38.0 Å². The molecule has 1 rings (SSSR count). The zero-order chi connectivity index (χ0) is 13.6. The van der Waals surface area contributed by atoms with Crippen molar-refractivity contribution in [2.45, 2.75) is 71.8 Å². The maximum Gasteiger partial charge on any atom is 0.313 e. The van der Waals surface area contributed by atoms with E-state index in [4.69, 9.17) is 10.5 Å². The first kappa shape index (κ1) is 15.5. The lowest BCUT2D eigenvalue weighted by molar-refractivity contribution is -0.164. The van der Waals surface area contributed by atoms with Crippen LogP contribution in [0, 0.1) is 11.3 Å². The molecule has 1 fully saturated rings. The average molecular weight is 255 g/mol. The van der Waals surface area contributed by atoms with Gasteiger partial charge in [0, 0.05) is 6.54 Å². The molecule has 3 nitrogen and oxygen atoms in total. The Labute approximate surface area is 111 Å². The van der Waals surface area contributed by atoms with Crippen LogP contribution in [0.1, 0.15) is 65.7 Å². The molecule has 0 aromatic heterocycles. The first-order valence-electron chi connectivity index (χ1n) is 7.53. The third-order valence-electron chi connectivity index (χ3n) is 4.76. The van der Waals surface area contributed by atoms with Gasteiger partial charge >= 0.3 is 5.97 Å². The highest BCUT2D eigenvalue weighted by atomic mass is 16.5. The normalized spacial score (nSPS) is 24.9. The van der Waals surface area contributed by atoms with E-state index in [-0.39, 0.29) is 12.1 Å². The van der Waals surface area contributed by atoms with Crippen LogP contribution in [0.15, 0.2) is 0 Å². The summed E-state index contributed by atoms with van der Waals surface area (Å²) in [6.45, 7) is 6.65. The lowest BCUT2D eigenvalue weighted by atomic mass is 9.82. The Morgan fingerprint density at radius 2 is 1.94 bits per heavy atom. The summed E-state index contributed by atoms with van der Waals surface area (Å²) >= 11 is 0. The second kappa shape index (κ2) is 7.13. The maximum absolute atomic E-state index is 12.3. The predicted octanol–water partition coefficient (Wildman–Crippen LogP) is 3.26. The molecular formula is C15H29NO2. The summed E-state index contributed by atoms with van der Waals surface area (Å²) in [5.41, 5.74) is 5.33. The van der Waals surface area contributed by atoms with Crippen LogP contribution in [-0.4, -0.2) is 18.6 Å². The standard InChI is InChI=1S/C15H29NO2/c1-4-12-8-7-9-13(10-12)18-14(17)15(5-2,6-3)11-16/h12-13H,4-11,16H2,1-3H3. The van der Waals surface area contributed by atoms with Crippen LogP contribution in [0.3, 0.4) is 0 Å². The maximum atomic E-state index is 12.3. The molecule has 2 atom stereocenters. The number of esters is 1. The quantitative estimate of drug-likeness (QED) is 0.741. The zero-order valence-electron chi connectivity index (χ0n) is 12.2. The molecule has 0 bridgehead atoms. The van der Waals surface area contributed by atoms with Crippen LogP contribution >= 0.6 is 0 Å². The molecule has 0 radical (unpaired) electrons. The summed E-state index contributed by atoms with van der Waals surface area (Å²) in [6, 6.07) is 0. The molecule has 0 aromatic carbocycles. The summed E-state index contributed by atoms with van der Waals surface area (Å²) in [7, 11) is 0. The van der Waals surface area contributed by atoms with Crippen molar-refractivity contribution in [2.24, 2.45) is 17.1 Å². The van der Waals surface area contributed by atoms with E-state index >= 15 is 0 Å². The molecular weight excluding hydrogens is 226 g/mol. The molecule has 0 heterocycles. The highest BCUT2D eigenvalue weighted by Crippen LogP contribution is 2.32. The summed E-state index contributed by atoms with van der Waals surface area (Å²) in [5, 5.41) is 0. The van der Waals surface area contributed by atoms with Gasteiger partial charge in [-0.1, -0.05) is 33.6 Å². The van der Waals surface area contributed by atoms with Crippen LogP contribution in [0.4, 0.5) is 0 Å². The van der Waals surface area contributed by atoms with Crippen LogP contribution in [-0.2, 0) is 9.53 Å². The molecule has 3 heteroatoms. The molecule has 1 aliphatic carbocycles. The van der Waals surface area contributed by atoms with Crippen molar-refractivity contribution in [3.8, 4) is 0 Å². The minimum Gasteiger partial charge on any atom is -0.462 e. The Kier molecular flexibility index (Phi) is 6.13. The van der Waals surface area contributed by atoms with Gasteiger partial charge in [-0.15, -0.1) is 0 Å². The largest absolute Gasteiger partial charge is 0.462 e. The minimum atomic E-state index is -0.459. The molecule has 0 aliphatic heterocycles. The fourth-order valence-corrected chi connectivity index (χ4v) is 2.91. The van der Waals surface area contributed by atoms with Gasteiger partial charge in [0.15, 0.2) is 0 Å². The number of nitrogens with two attached hydrogens (primary N) is 1. The van der Waals surface area contributed by atoms with E-state index < -0.39 is 5.41 Å². The Balaban J connectivity index is 2.57. The van der Waals surface area contributed by atoms with Gasteiger partial charge in [0.2, 0.25) is 0 Å². The SMILES string of the molecule is CCC1CCCC(OC(=O)C(CC)(CC)CN)C1. The molecule has 2 N–H and O–H groups in total. The molecule has 0 amide bonds. The van der Waals surface area contributed by atoms with Crippen molar-refractivity contribution in [2.75, 3.05) is 6.54 Å². The fraction of sp³-hybridized carbons (Fsp3) is 0.933. The van der Waals surface area contributed by atoms with Gasteiger partial charge in [0.05, 0.1) is 5.41 Å². The molecule has 1 saturated carbocycles. The number of hydrogen-bond donors (Lipinski definition) is 1. The first-order chi connectivity index (χ1) is 8.61. The predicted molar refractivity (Wildman–Crippen MR) is 74.2 cm³/mol. The second-order valence-corrected chi connectivity index (χ2v) is 5.66. The van der Waals surface area contributed by atoms with E-state index in [0.717, 1.165) is 31.6 Å². The summed E-state index contributed by atoms with van der Waals surface area (Å²) in [6.07, 6.45) is 7.38. The van der Waals surface area contributed by atoms with Gasteiger partial charge in [0.25, 0.3) is 0 Å². The monoisotopic (exact) mass is 255 g/mol. The number of ether oxygens (including phenoxy) is 1. The van der Waals surface area contributed by atoms with E-state index in [1.807, 2.05) is 13.8 Å². The van der Waals surface area contributed by atoms with Crippen LogP contribution < -0.4 is 5.73 Å². The Bertz CT molecular complexity index is 253. The number of carbonyl (C=O) groups is 1. The second-order valence-electron chi connectivity index (χ2n) is 5.66. The van der Waals surface area contributed by atoms with E-state index in [9.17, 15) is 4.79 Å². The van der Waals surface area contributed by atoms with Crippen molar-refractivity contribution in [3.05, 3.63) is 0 Å². The smallest absolute Gasteiger partial charge is 0.313 e. The van der Waals surface area contributed by atoms with Gasteiger partial charge in [-0.25, -0.2) is 0 Å². The topological polar surface area (TPSA) is 52.3 Å². The highest BCUT2D eigenvalue weighted by molar-refractivity contribution is 5.77. The Morgan fingerprint density at radius 3 is 2.44 bits per heavy atom. The van der Waals surface area contributed by atoms with Crippen molar-refractivity contribution in [1.29, 1.82) is 0 Å². The molecule has 0 spiro atoms. The van der Waals surface area contributed by atoms with Crippen molar-refractivity contribution >= 4 is 5.97 Å². The van der Waals surface area contributed by atoms with E-state index in [1.54, 1.807) is 0 Å². The van der Waals surface area contributed by atoms with E-state index in [0.29, 0.717) is 6.54 Å². The van der Waals surface area contributed by atoms with Crippen LogP contribution in [0.25, 0.3) is 0 Å². The third-order valence-corrected chi connectivity index (χ3v) is 4.76. The van der Waals surface area contributed by atoms with Gasteiger partial charge in [-0.3, -0.25) is 4.79 Å². The molecule has 2 unspecified atom stereocenters. The van der Waals surface area contributed by atoms with Crippen molar-refractivity contribution in [3.63, 3.8) is 0 Å². The average Bonchev–Trinajstić information content (AvgIpc) is 2.41. The van der Waals surface area contributed by atoms with Crippen molar-refractivity contribution in [1.82, 2.24) is 0 Å².